The molecule has 0 radical (unpaired) electrons. The Morgan fingerprint density at radius 2 is 1.86 bits per heavy atom. The van der Waals surface area contributed by atoms with E-state index in [4.69, 9.17) is 9.84 Å². The zero-order valence-electron chi connectivity index (χ0n) is 9.62. The van der Waals surface area contributed by atoms with Crippen LogP contribution in [-0.2, 0) is 9.53 Å². The molecule has 0 aromatic rings. The highest BCUT2D eigenvalue weighted by Crippen LogP contribution is 2.15. The minimum absolute atomic E-state index is 0.0890. The standard InChI is InChI=1S/C11H22O3/c1-8(2)7-10(14-9(3)4)5-6-11(12)13/h8-10H,5-7H2,1-4H3,(H,12,13). The molecule has 0 amide bonds. The summed E-state index contributed by atoms with van der Waals surface area (Å²) in [7, 11) is 0. The van der Waals surface area contributed by atoms with Gasteiger partial charge in [0.1, 0.15) is 0 Å². The predicted molar refractivity (Wildman–Crippen MR) is 56.3 cm³/mol. The van der Waals surface area contributed by atoms with Gasteiger partial charge in [-0.1, -0.05) is 13.8 Å². The summed E-state index contributed by atoms with van der Waals surface area (Å²) in [4.78, 5) is 10.4. The Balaban J connectivity index is 3.90. The normalized spacial score (nSPS) is 13.6. The lowest BCUT2D eigenvalue weighted by molar-refractivity contribution is -0.138. The Bertz CT molecular complexity index is 154. The molecule has 0 aromatic carbocycles. The van der Waals surface area contributed by atoms with E-state index in [2.05, 4.69) is 13.8 Å². The highest BCUT2D eigenvalue weighted by molar-refractivity contribution is 5.66. The van der Waals surface area contributed by atoms with Gasteiger partial charge in [-0.05, 0) is 32.6 Å². The van der Waals surface area contributed by atoms with Gasteiger partial charge in [0.2, 0.25) is 0 Å². The van der Waals surface area contributed by atoms with Gasteiger partial charge < -0.3 is 9.84 Å². The van der Waals surface area contributed by atoms with Crippen molar-refractivity contribution >= 4 is 5.97 Å². The first-order valence-corrected chi connectivity index (χ1v) is 5.29. The van der Waals surface area contributed by atoms with E-state index in [1.165, 1.54) is 0 Å². The molecule has 0 saturated carbocycles. The van der Waals surface area contributed by atoms with Crippen LogP contribution in [0.3, 0.4) is 0 Å². The topological polar surface area (TPSA) is 46.5 Å². The smallest absolute Gasteiger partial charge is 0.303 e. The van der Waals surface area contributed by atoms with Crippen molar-refractivity contribution in [3.05, 3.63) is 0 Å². The number of aliphatic carboxylic acids is 1. The summed E-state index contributed by atoms with van der Waals surface area (Å²) in [5, 5.41) is 8.58. The molecule has 84 valence electrons. The van der Waals surface area contributed by atoms with Gasteiger partial charge >= 0.3 is 5.97 Å². The number of carbonyl (C=O) groups is 1. The van der Waals surface area contributed by atoms with Crippen LogP contribution in [0.4, 0.5) is 0 Å². The summed E-state index contributed by atoms with van der Waals surface area (Å²) < 4.78 is 5.65. The van der Waals surface area contributed by atoms with Crippen LogP contribution in [0.25, 0.3) is 0 Å². The van der Waals surface area contributed by atoms with Crippen LogP contribution in [0.5, 0.6) is 0 Å². The third-order valence-electron chi connectivity index (χ3n) is 1.88. The van der Waals surface area contributed by atoms with Crippen LogP contribution in [0.2, 0.25) is 0 Å². The highest BCUT2D eigenvalue weighted by atomic mass is 16.5. The van der Waals surface area contributed by atoms with Gasteiger partial charge in [-0.2, -0.15) is 0 Å². The lowest BCUT2D eigenvalue weighted by Gasteiger charge is -2.21. The van der Waals surface area contributed by atoms with E-state index in [0.717, 1.165) is 6.42 Å². The molecule has 0 fully saturated rings. The monoisotopic (exact) mass is 202 g/mol. The summed E-state index contributed by atoms with van der Waals surface area (Å²) in [6.45, 7) is 8.21. The summed E-state index contributed by atoms with van der Waals surface area (Å²) in [6.07, 6.45) is 2.01. The number of carboxylic acid groups (broad SMARTS) is 1. The molecule has 0 aromatic heterocycles. The molecule has 0 heterocycles. The second-order valence-electron chi connectivity index (χ2n) is 4.37. The van der Waals surface area contributed by atoms with Crippen molar-refractivity contribution in [2.24, 2.45) is 5.92 Å². The molecular weight excluding hydrogens is 180 g/mol. The minimum atomic E-state index is -0.744. The van der Waals surface area contributed by atoms with Gasteiger partial charge in [0.25, 0.3) is 0 Å². The zero-order valence-corrected chi connectivity index (χ0v) is 9.62. The van der Waals surface area contributed by atoms with Gasteiger partial charge in [-0.3, -0.25) is 4.79 Å². The SMILES string of the molecule is CC(C)CC(CCC(=O)O)OC(C)C. The van der Waals surface area contributed by atoms with Crippen LogP contribution in [-0.4, -0.2) is 23.3 Å². The lowest BCUT2D eigenvalue weighted by atomic mass is 10.0. The first-order chi connectivity index (χ1) is 6.41. The fourth-order valence-electron chi connectivity index (χ4n) is 1.44. The van der Waals surface area contributed by atoms with Crippen molar-refractivity contribution in [3.63, 3.8) is 0 Å². The van der Waals surface area contributed by atoms with Gasteiger partial charge in [-0.25, -0.2) is 0 Å². The van der Waals surface area contributed by atoms with Crippen molar-refractivity contribution in [2.45, 2.75) is 59.2 Å². The number of carboxylic acids is 1. The van der Waals surface area contributed by atoms with Crippen molar-refractivity contribution < 1.29 is 14.6 Å². The Kier molecular flexibility index (Phi) is 6.54. The summed E-state index contributed by atoms with van der Waals surface area (Å²) in [5.74, 6) is -0.196. The fourth-order valence-corrected chi connectivity index (χ4v) is 1.44. The maximum absolute atomic E-state index is 10.4. The molecule has 1 unspecified atom stereocenters. The third-order valence-corrected chi connectivity index (χ3v) is 1.88. The Hall–Kier alpha value is -0.570. The second-order valence-corrected chi connectivity index (χ2v) is 4.37. The maximum Gasteiger partial charge on any atom is 0.303 e. The van der Waals surface area contributed by atoms with Crippen LogP contribution in [0, 0.1) is 5.92 Å². The molecule has 3 nitrogen and oxygen atoms in total. The van der Waals surface area contributed by atoms with E-state index in [1.54, 1.807) is 0 Å². The van der Waals surface area contributed by atoms with E-state index < -0.39 is 5.97 Å². The number of rotatable bonds is 7. The molecule has 0 bridgehead atoms. The minimum Gasteiger partial charge on any atom is -0.481 e. The molecule has 3 heteroatoms. The van der Waals surface area contributed by atoms with E-state index in [9.17, 15) is 4.79 Å². The highest BCUT2D eigenvalue weighted by Gasteiger charge is 2.14. The average molecular weight is 202 g/mol. The van der Waals surface area contributed by atoms with E-state index in [1.807, 2.05) is 13.8 Å². The van der Waals surface area contributed by atoms with Crippen LogP contribution >= 0.6 is 0 Å². The van der Waals surface area contributed by atoms with Gasteiger partial charge in [-0.15, -0.1) is 0 Å². The largest absolute Gasteiger partial charge is 0.481 e. The average Bonchev–Trinajstić information content (AvgIpc) is 1.97. The fraction of sp³-hybridized carbons (Fsp3) is 0.909. The van der Waals surface area contributed by atoms with Crippen LogP contribution < -0.4 is 0 Å². The van der Waals surface area contributed by atoms with Gasteiger partial charge in [0.15, 0.2) is 0 Å². The molecule has 0 rings (SSSR count). The molecule has 0 saturated heterocycles. The van der Waals surface area contributed by atoms with E-state index in [0.29, 0.717) is 12.3 Å². The first kappa shape index (κ1) is 13.4. The zero-order chi connectivity index (χ0) is 11.1. The maximum atomic E-state index is 10.4. The summed E-state index contributed by atoms with van der Waals surface area (Å²) >= 11 is 0. The quantitative estimate of drug-likeness (QED) is 0.690. The molecule has 14 heavy (non-hydrogen) atoms. The lowest BCUT2D eigenvalue weighted by Crippen LogP contribution is -2.21. The van der Waals surface area contributed by atoms with Crippen molar-refractivity contribution in [2.75, 3.05) is 0 Å². The molecular formula is C11H22O3. The molecule has 0 spiro atoms. The molecule has 0 aliphatic rings. The number of ether oxygens (including phenoxy) is 1. The Morgan fingerprint density at radius 1 is 1.29 bits per heavy atom. The predicted octanol–water partition coefficient (Wildman–Crippen LogP) is 2.69. The number of hydrogen-bond acceptors (Lipinski definition) is 2. The second kappa shape index (κ2) is 6.82. The molecule has 1 atom stereocenters. The van der Waals surface area contributed by atoms with Crippen LogP contribution in [0.15, 0.2) is 0 Å². The molecule has 0 aliphatic heterocycles. The summed E-state index contributed by atoms with van der Waals surface area (Å²) in [5.41, 5.74) is 0. The van der Waals surface area contributed by atoms with Crippen molar-refractivity contribution in [1.29, 1.82) is 0 Å². The molecule has 1 N–H and O–H groups in total. The third kappa shape index (κ3) is 8.05. The van der Waals surface area contributed by atoms with Crippen LogP contribution in [0.1, 0.15) is 47.0 Å². The Labute approximate surface area is 86.5 Å². The van der Waals surface area contributed by atoms with Gasteiger partial charge in [0, 0.05) is 6.42 Å². The first-order valence-electron chi connectivity index (χ1n) is 5.29. The van der Waals surface area contributed by atoms with E-state index in [-0.39, 0.29) is 18.6 Å². The van der Waals surface area contributed by atoms with Crippen molar-refractivity contribution in [1.82, 2.24) is 0 Å². The van der Waals surface area contributed by atoms with Gasteiger partial charge in [0.05, 0.1) is 12.2 Å². The molecule has 0 aliphatic carbocycles. The Morgan fingerprint density at radius 3 is 2.21 bits per heavy atom. The van der Waals surface area contributed by atoms with E-state index >= 15 is 0 Å². The van der Waals surface area contributed by atoms with Crippen molar-refractivity contribution in [3.8, 4) is 0 Å². The summed E-state index contributed by atoms with van der Waals surface area (Å²) in [6, 6.07) is 0. The number of hydrogen-bond donors (Lipinski definition) is 1.